The number of nitrogens with zero attached hydrogens (tertiary/aromatic N) is 1. The molecule has 7 atom stereocenters. The molecule has 43 heavy (non-hydrogen) atoms. The van der Waals surface area contributed by atoms with Crippen LogP contribution in [0.2, 0.25) is 0 Å². The van der Waals surface area contributed by atoms with Gasteiger partial charge in [0.05, 0.1) is 7.11 Å². The molecule has 0 spiro atoms. The zero-order valence-corrected chi connectivity index (χ0v) is 25.9. The van der Waals surface area contributed by atoms with E-state index in [0.29, 0.717) is 34.8 Å². The normalized spacial score (nSPS) is 33.0. The minimum atomic E-state index is -0.507. The van der Waals surface area contributed by atoms with E-state index in [1.54, 1.807) is 38.3 Å². The molecule has 0 unspecified atom stereocenters. The quantitative estimate of drug-likeness (QED) is 0.167. The lowest BCUT2D eigenvalue weighted by atomic mass is 9.47. The van der Waals surface area contributed by atoms with Crippen molar-refractivity contribution in [2.75, 3.05) is 20.2 Å². The van der Waals surface area contributed by atoms with Gasteiger partial charge in [0, 0.05) is 25.4 Å². The van der Waals surface area contributed by atoms with Crippen molar-refractivity contribution in [3.05, 3.63) is 47.1 Å². The van der Waals surface area contributed by atoms with Crippen molar-refractivity contribution in [1.82, 2.24) is 10.6 Å². The Hall–Kier alpha value is -3.60. The van der Waals surface area contributed by atoms with Gasteiger partial charge in [-0.05, 0) is 104 Å². The van der Waals surface area contributed by atoms with Crippen LogP contribution in [-0.2, 0) is 14.3 Å². The summed E-state index contributed by atoms with van der Waals surface area (Å²) in [5, 5.41) is 14.9. The minimum Gasteiger partial charge on any atom is -0.497 e. The standard InChI is InChI=1S/C35H45N3O5/c1-22(39)29-10-11-30-28-9-8-25-20-27(12-14-34(25,2)31(28)13-15-35(29,30)3)43-33(41)38-17-16-37-32(40)24(21-36)18-23-6-5-7-26(19-23)42-4/h5-8,18-19,27-31H,9-17,20H2,1-4H3,(H,37,40)(H,38,41)/b24-18+/t27-,28-,29+,30-,31-,34-,35+/m0/s1. The summed E-state index contributed by atoms with van der Waals surface area (Å²) in [7, 11) is 1.55. The minimum absolute atomic E-state index is 0.0294. The van der Waals surface area contributed by atoms with Crippen molar-refractivity contribution < 1.29 is 23.9 Å². The zero-order chi connectivity index (χ0) is 30.8. The number of amides is 2. The summed E-state index contributed by atoms with van der Waals surface area (Å²) >= 11 is 0. The summed E-state index contributed by atoms with van der Waals surface area (Å²) < 4.78 is 11.0. The van der Waals surface area contributed by atoms with E-state index in [9.17, 15) is 19.6 Å². The van der Waals surface area contributed by atoms with Crippen molar-refractivity contribution in [3.63, 3.8) is 0 Å². The highest BCUT2D eigenvalue weighted by Crippen LogP contribution is 2.66. The Morgan fingerprint density at radius 3 is 2.60 bits per heavy atom. The molecule has 0 aliphatic heterocycles. The lowest BCUT2D eigenvalue weighted by Gasteiger charge is -2.58. The largest absolute Gasteiger partial charge is 0.497 e. The molecule has 230 valence electrons. The predicted octanol–water partition coefficient (Wildman–Crippen LogP) is 5.98. The van der Waals surface area contributed by atoms with Crippen LogP contribution in [0.15, 0.2) is 41.5 Å². The van der Waals surface area contributed by atoms with Crippen LogP contribution in [0, 0.1) is 45.8 Å². The lowest BCUT2D eigenvalue weighted by Crippen LogP contribution is -2.51. The van der Waals surface area contributed by atoms with Crippen LogP contribution in [0.1, 0.15) is 77.7 Å². The third kappa shape index (κ3) is 6.09. The molecular weight excluding hydrogens is 542 g/mol. The maximum atomic E-state index is 12.6. The SMILES string of the molecule is COc1cccc(/C=C(\C#N)C(=O)NCCNC(=O)O[C@H]2CC[C@@]3(C)C(=CC[C@H]4[C@@H]5CC[C@H](C(C)=O)[C@@]5(C)CC[C@@H]43)C2)c1. The number of allylic oxidation sites excluding steroid dienone is 1. The molecule has 0 aromatic heterocycles. The molecule has 8 nitrogen and oxygen atoms in total. The number of Topliss-reactive ketones (excluding diaryl/α,β-unsaturated/α-hetero) is 1. The van der Waals surface area contributed by atoms with Gasteiger partial charge in [0.25, 0.3) is 5.91 Å². The van der Waals surface area contributed by atoms with Gasteiger partial charge in [-0.25, -0.2) is 4.79 Å². The molecule has 0 heterocycles. The summed E-state index contributed by atoms with van der Waals surface area (Å²) in [5.41, 5.74) is 2.37. The van der Waals surface area contributed by atoms with E-state index in [-0.39, 0.29) is 41.5 Å². The van der Waals surface area contributed by atoms with Gasteiger partial charge in [0.1, 0.15) is 29.3 Å². The number of fused-ring (bicyclic) bond motifs is 5. The molecule has 0 bridgehead atoms. The Morgan fingerprint density at radius 1 is 1.07 bits per heavy atom. The molecule has 8 heteroatoms. The van der Waals surface area contributed by atoms with Crippen LogP contribution in [0.3, 0.4) is 0 Å². The van der Waals surface area contributed by atoms with Crippen LogP contribution in [0.25, 0.3) is 6.08 Å². The molecule has 0 radical (unpaired) electrons. The van der Waals surface area contributed by atoms with Gasteiger partial charge in [-0.15, -0.1) is 0 Å². The Labute approximate surface area is 255 Å². The lowest BCUT2D eigenvalue weighted by molar-refractivity contribution is -0.127. The summed E-state index contributed by atoms with van der Waals surface area (Å²) in [6, 6.07) is 9.02. The van der Waals surface area contributed by atoms with Gasteiger partial charge in [-0.1, -0.05) is 37.6 Å². The van der Waals surface area contributed by atoms with E-state index in [0.717, 1.165) is 38.5 Å². The third-order valence-corrected chi connectivity index (χ3v) is 11.3. The first-order chi connectivity index (χ1) is 20.6. The van der Waals surface area contributed by atoms with E-state index in [2.05, 4.69) is 30.6 Å². The van der Waals surface area contributed by atoms with Crippen molar-refractivity contribution >= 4 is 23.9 Å². The van der Waals surface area contributed by atoms with Gasteiger partial charge < -0.3 is 20.1 Å². The van der Waals surface area contributed by atoms with Crippen LogP contribution in [0.4, 0.5) is 4.79 Å². The number of nitrogens with one attached hydrogen (secondary N) is 2. The topological polar surface area (TPSA) is 118 Å². The number of carbonyl (C=O) groups excluding carboxylic acids is 3. The Bertz CT molecular complexity index is 1360. The van der Waals surface area contributed by atoms with Gasteiger partial charge in [0.15, 0.2) is 0 Å². The number of hydrogen-bond donors (Lipinski definition) is 2. The molecule has 0 saturated heterocycles. The number of carbonyl (C=O) groups is 3. The van der Waals surface area contributed by atoms with Crippen LogP contribution in [0.5, 0.6) is 5.75 Å². The number of ketones is 1. The smallest absolute Gasteiger partial charge is 0.407 e. The number of methoxy groups -OCH3 is 1. The highest BCUT2D eigenvalue weighted by atomic mass is 16.6. The first kappa shape index (κ1) is 30.8. The van der Waals surface area contributed by atoms with Gasteiger partial charge in [0.2, 0.25) is 0 Å². The van der Waals surface area contributed by atoms with Crippen LogP contribution in [-0.4, -0.2) is 44.1 Å². The summed E-state index contributed by atoms with van der Waals surface area (Å²) in [6.45, 7) is 6.95. The molecular formula is C35H45N3O5. The Balaban J connectivity index is 1.10. The third-order valence-electron chi connectivity index (χ3n) is 11.3. The highest BCUT2D eigenvalue weighted by Gasteiger charge is 2.59. The average molecular weight is 588 g/mol. The first-order valence-corrected chi connectivity index (χ1v) is 15.8. The van der Waals surface area contributed by atoms with Crippen molar-refractivity contribution in [2.24, 2.45) is 34.5 Å². The second-order valence-electron chi connectivity index (χ2n) is 13.4. The second-order valence-corrected chi connectivity index (χ2v) is 13.4. The van der Waals surface area contributed by atoms with Crippen molar-refractivity contribution in [3.8, 4) is 11.8 Å². The Kier molecular flexibility index (Phi) is 9.01. The first-order valence-electron chi connectivity index (χ1n) is 15.8. The van der Waals surface area contributed by atoms with E-state index >= 15 is 0 Å². The van der Waals surface area contributed by atoms with Crippen molar-refractivity contribution in [1.29, 1.82) is 5.26 Å². The number of nitriles is 1. The number of rotatable bonds is 8. The maximum Gasteiger partial charge on any atom is 0.407 e. The second kappa shape index (κ2) is 12.6. The van der Waals surface area contributed by atoms with Crippen molar-refractivity contribution in [2.45, 2.75) is 78.2 Å². The molecule has 1 aromatic rings. The fourth-order valence-electron chi connectivity index (χ4n) is 9.07. The number of alkyl carbamates (subject to hydrolysis) is 1. The maximum absolute atomic E-state index is 12.6. The molecule has 2 N–H and O–H groups in total. The van der Waals surface area contributed by atoms with Gasteiger partial charge in [-0.3, -0.25) is 9.59 Å². The molecule has 3 saturated carbocycles. The van der Waals surface area contributed by atoms with E-state index < -0.39 is 12.0 Å². The monoisotopic (exact) mass is 587 g/mol. The zero-order valence-electron chi connectivity index (χ0n) is 25.9. The number of benzene rings is 1. The van der Waals surface area contributed by atoms with Crippen LogP contribution >= 0.6 is 0 Å². The predicted molar refractivity (Wildman–Crippen MR) is 164 cm³/mol. The van der Waals surface area contributed by atoms with Gasteiger partial charge in [-0.2, -0.15) is 5.26 Å². The number of hydrogen-bond acceptors (Lipinski definition) is 6. The highest BCUT2D eigenvalue weighted by molar-refractivity contribution is 6.01. The molecule has 4 aliphatic rings. The molecule has 4 aliphatic carbocycles. The van der Waals surface area contributed by atoms with Gasteiger partial charge >= 0.3 is 6.09 Å². The van der Waals surface area contributed by atoms with E-state index in [1.807, 2.05) is 6.07 Å². The number of ether oxygens (including phenoxy) is 2. The molecule has 3 fully saturated rings. The average Bonchev–Trinajstić information content (AvgIpc) is 3.36. The fourth-order valence-corrected chi connectivity index (χ4v) is 9.07. The molecule has 5 rings (SSSR count). The Morgan fingerprint density at radius 2 is 1.86 bits per heavy atom. The summed E-state index contributed by atoms with van der Waals surface area (Å²) in [6.07, 6.45) is 11.5. The van der Waals surface area contributed by atoms with Crippen LogP contribution < -0.4 is 15.4 Å². The summed E-state index contributed by atoms with van der Waals surface area (Å²) in [4.78, 5) is 37.5. The fraction of sp³-hybridized carbons (Fsp3) is 0.600. The summed E-state index contributed by atoms with van der Waals surface area (Å²) in [5.74, 6) is 2.61. The van der Waals surface area contributed by atoms with E-state index in [1.165, 1.54) is 24.5 Å². The molecule has 2 amide bonds. The molecule has 1 aromatic carbocycles. The van der Waals surface area contributed by atoms with E-state index in [4.69, 9.17) is 9.47 Å².